The van der Waals surface area contributed by atoms with Gasteiger partial charge in [-0.3, -0.25) is 4.79 Å². The van der Waals surface area contributed by atoms with Crippen LogP contribution in [0.1, 0.15) is 29.6 Å². The first-order valence-corrected chi connectivity index (χ1v) is 7.02. The van der Waals surface area contributed by atoms with E-state index in [9.17, 15) is 9.18 Å². The number of carbonyl (C=O) groups excluding carboxylic acids is 1. The molecule has 0 radical (unpaired) electrons. The molecule has 94 valence electrons. The number of rotatable bonds is 7. The van der Waals surface area contributed by atoms with Crippen molar-refractivity contribution in [2.45, 2.75) is 19.3 Å². The van der Waals surface area contributed by atoms with E-state index in [1.54, 1.807) is 0 Å². The number of hydrogen-bond donors (Lipinski definition) is 1. The van der Waals surface area contributed by atoms with Gasteiger partial charge in [-0.15, -0.1) is 0 Å². The fourth-order valence-electron chi connectivity index (χ4n) is 1.36. The summed E-state index contributed by atoms with van der Waals surface area (Å²) in [5, 5.41) is 2.79. The summed E-state index contributed by atoms with van der Waals surface area (Å²) in [7, 11) is 0. The Kier molecular flexibility index (Phi) is 6.62. The van der Waals surface area contributed by atoms with Gasteiger partial charge in [0, 0.05) is 12.7 Å². The third-order valence-corrected chi connectivity index (χ3v) is 3.00. The van der Waals surface area contributed by atoms with Gasteiger partial charge >= 0.3 is 0 Å². The van der Waals surface area contributed by atoms with Crippen LogP contribution in [0.4, 0.5) is 4.39 Å². The molecule has 5 heteroatoms. The lowest BCUT2D eigenvalue weighted by Gasteiger charge is -2.04. The molecule has 0 unspecified atom stereocenters. The molecule has 0 aliphatic carbocycles. The molecule has 0 bridgehead atoms. The van der Waals surface area contributed by atoms with Gasteiger partial charge < -0.3 is 5.32 Å². The van der Waals surface area contributed by atoms with E-state index in [2.05, 4.69) is 16.6 Å². The highest BCUT2D eigenvalue weighted by molar-refractivity contribution is 7.98. The van der Waals surface area contributed by atoms with Crippen LogP contribution in [0.25, 0.3) is 0 Å². The van der Waals surface area contributed by atoms with E-state index < -0.39 is 5.95 Å². The lowest BCUT2D eigenvalue weighted by atomic mass is 10.2. The van der Waals surface area contributed by atoms with Gasteiger partial charge in [-0.05, 0) is 37.0 Å². The molecule has 1 heterocycles. The third-order valence-electron chi connectivity index (χ3n) is 2.30. The molecule has 0 spiro atoms. The number of thioether (sulfide) groups is 1. The third kappa shape index (κ3) is 5.68. The molecular formula is C12H17FN2OS. The monoisotopic (exact) mass is 256 g/mol. The molecule has 0 aromatic carbocycles. The van der Waals surface area contributed by atoms with Gasteiger partial charge in [-0.25, -0.2) is 4.98 Å². The fourth-order valence-corrected chi connectivity index (χ4v) is 1.86. The van der Waals surface area contributed by atoms with Crippen molar-refractivity contribution in [3.63, 3.8) is 0 Å². The summed E-state index contributed by atoms with van der Waals surface area (Å²) in [6.45, 7) is 0.657. The number of carbonyl (C=O) groups is 1. The summed E-state index contributed by atoms with van der Waals surface area (Å²) >= 11 is 1.83. The van der Waals surface area contributed by atoms with Crippen LogP contribution in [-0.2, 0) is 0 Å². The molecule has 1 aromatic heterocycles. The zero-order valence-electron chi connectivity index (χ0n) is 9.91. The van der Waals surface area contributed by atoms with E-state index in [-0.39, 0.29) is 5.91 Å². The first-order chi connectivity index (χ1) is 8.24. The van der Waals surface area contributed by atoms with Gasteiger partial charge in [0.15, 0.2) is 0 Å². The van der Waals surface area contributed by atoms with E-state index in [1.165, 1.54) is 24.8 Å². The van der Waals surface area contributed by atoms with Crippen LogP contribution >= 0.6 is 11.8 Å². The van der Waals surface area contributed by atoms with Crippen molar-refractivity contribution in [1.82, 2.24) is 10.3 Å². The van der Waals surface area contributed by atoms with Crippen molar-refractivity contribution >= 4 is 17.7 Å². The van der Waals surface area contributed by atoms with Crippen LogP contribution in [0.2, 0.25) is 0 Å². The average Bonchev–Trinajstić information content (AvgIpc) is 2.34. The minimum atomic E-state index is -0.571. The Hall–Kier alpha value is -1.10. The number of hydrogen-bond acceptors (Lipinski definition) is 3. The fraction of sp³-hybridized carbons (Fsp3) is 0.500. The van der Waals surface area contributed by atoms with Gasteiger partial charge in [-0.2, -0.15) is 16.2 Å². The van der Waals surface area contributed by atoms with Crippen molar-refractivity contribution in [2.24, 2.45) is 0 Å². The van der Waals surface area contributed by atoms with Gasteiger partial charge in [0.2, 0.25) is 5.95 Å². The van der Waals surface area contributed by atoms with Crippen molar-refractivity contribution in [2.75, 3.05) is 18.6 Å². The molecule has 1 rings (SSSR count). The second kappa shape index (κ2) is 8.06. The molecule has 0 aliphatic rings. The highest BCUT2D eigenvalue weighted by atomic mass is 32.2. The molecule has 0 saturated heterocycles. The predicted molar refractivity (Wildman–Crippen MR) is 68.8 cm³/mol. The Bertz CT molecular complexity index is 343. The Morgan fingerprint density at radius 3 is 2.88 bits per heavy atom. The number of unbranched alkanes of at least 4 members (excludes halogenated alkanes) is 2. The van der Waals surface area contributed by atoms with Gasteiger partial charge in [0.05, 0.1) is 5.56 Å². The van der Waals surface area contributed by atoms with E-state index in [1.807, 2.05) is 11.8 Å². The summed E-state index contributed by atoms with van der Waals surface area (Å²) in [6.07, 6.45) is 6.60. The van der Waals surface area contributed by atoms with Gasteiger partial charge in [0.25, 0.3) is 5.91 Å². The van der Waals surface area contributed by atoms with E-state index in [4.69, 9.17) is 0 Å². The molecule has 0 saturated carbocycles. The predicted octanol–water partition coefficient (Wildman–Crippen LogP) is 2.48. The largest absolute Gasteiger partial charge is 0.352 e. The van der Waals surface area contributed by atoms with Crippen molar-refractivity contribution in [3.05, 3.63) is 29.8 Å². The Morgan fingerprint density at radius 2 is 2.24 bits per heavy atom. The summed E-state index contributed by atoms with van der Waals surface area (Å²) in [4.78, 5) is 15.0. The van der Waals surface area contributed by atoms with E-state index >= 15 is 0 Å². The van der Waals surface area contributed by atoms with Crippen LogP contribution in [0.15, 0.2) is 18.3 Å². The first-order valence-electron chi connectivity index (χ1n) is 5.62. The quantitative estimate of drug-likeness (QED) is 0.602. The van der Waals surface area contributed by atoms with Crippen molar-refractivity contribution in [3.8, 4) is 0 Å². The second-order valence-corrected chi connectivity index (χ2v) is 4.66. The smallest absolute Gasteiger partial charge is 0.252 e. The Labute approximate surface area is 105 Å². The molecule has 1 aromatic rings. The standard InChI is InChI=1S/C12H17FN2OS/c1-17-8-4-2-3-7-14-12(16)10-5-6-11(13)15-9-10/h5-6,9H,2-4,7-8H2,1H3,(H,14,16). The summed E-state index contributed by atoms with van der Waals surface area (Å²) in [5.74, 6) is 0.400. The zero-order chi connectivity index (χ0) is 12.5. The molecule has 0 fully saturated rings. The number of nitrogens with one attached hydrogen (secondary N) is 1. The molecule has 1 N–H and O–H groups in total. The maximum absolute atomic E-state index is 12.5. The molecular weight excluding hydrogens is 239 g/mol. The summed E-state index contributed by atoms with van der Waals surface area (Å²) in [6, 6.07) is 2.62. The highest BCUT2D eigenvalue weighted by Gasteiger charge is 2.04. The molecule has 0 aliphatic heterocycles. The second-order valence-electron chi connectivity index (χ2n) is 3.68. The zero-order valence-corrected chi connectivity index (χ0v) is 10.7. The topological polar surface area (TPSA) is 42.0 Å². The maximum atomic E-state index is 12.5. The minimum Gasteiger partial charge on any atom is -0.352 e. The van der Waals surface area contributed by atoms with Gasteiger partial charge in [-0.1, -0.05) is 6.42 Å². The minimum absolute atomic E-state index is 0.192. The first kappa shape index (κ1) is 14.0. The number of amides is 1. The van der Waals surface area contributed by atoms with Crippen LogP contribution < -0.4 is 5.32 Å². The van der Waals surface area contributed by atoms with Crippen LogP contribution in [-0.4, -0.2) is 29.4 Å². The summed E-state index contributed by atoms with van der Waals surface area (Å²) in [5.41, 5.74) is 0.399. The number of halogens is 1. The average molecular weight is 256 g/mol. The summed E-state index contributed by atoms with van der Waals surface area (Å²) < 4.78 is 12.5. The number of pyridine rings is 1. The van der Waals surface area contributed by atoms with Gasteiger partial charge in [0.1, 0.15) is 0 Å². The maximum Gasteiger partial charge on any atom is 0.252 e. The number of nitrogens with zero attached hydrogens (tertiary/aromatic N) is 1. The lowest BCUT2D eigenvalue weighted by Crippen LogP contribution is -2.24. The molecule has 17 heavy (non-hydrogen) atoms. The van der Waals surface area contributed by atoms with Crippen LogP contribution in [0.3, 0.4) is 0 Å². The lowest BCUT2D eigenvalue weighted by molar-refractivity contribution is 0.0952. The Balaban J connectivity index is 2.19. The van der Waals surface area contributed by atoms with E-state index in [0.29, 0.717) is 12.1 Å². The number of aromatic nitrogens is 1. The molecule has 1 amide bonds. The molecule has 3 nitrogen and oxygen atoms in total. The molecule has 0 atom stereocenters. The van der Waals surface area contributed by atoms with Crippen molar-refractivity contribution < 1.29 is 9.18 Å². The van der Waals surface area contributed by atoms with Crippen LogP contribution in [0, 0.1) is 5.95 Å². The van der Waals surface area contributed by atoms with Crippen molar-refractivity contribution in [1.29, 1.82) is 0 Å². The SMILES string of the molecule is CSCCCCCNC(=O)c1ccc(F)nc1. The van der Waals surface area contributed by atoms with Crippen LogP contribution in [0.5, 0.6) is 0 Å². The highest BCUT2D eigenvalue weighted by Crippen LogP contribution is 2.02. The normalized spacial score (nSPS) is 10.2. The van der Waals surface area contributed by atoms with E-state index in [0.717, 1.165) is 18.6 Å². The Morgan fingerprint density at radius 1 is 1.41 bits per heavy atom.